The second-order valence-electron chi connectivity index (χ2n) is 4.48. The predicted molar refractivity (Wildman–Crippen MR) is 85.4 cm³/mol. The SMILES string of the molecule is Cc1ccc(N)c(SCc2nc3ccsc3c(=O)[nH]2)c1. The lowest BCUT2D eigenvalue weighted by atomic mass is 10.2. The molecule has 102 valence electrons. The number of anilines is 1. The van der Waals surface area contributed by atoms with Gasteiger partial charge in [0.1, 0.15) is 10.5 Å². The first-order chi connectivity index (χ1) is 9.63. The summed E-state index contributed by atoms with van der Waals surface area (Å²) in [6, 6.07) is 7.79. The van der Waals surface area contributed by atoms with E-state index in [1.54, 1.807) is 11.8 Å². The van der Waals surface area contributed by atoms with Crippen LogP contribution >= 0.6 is 23.1 Å². The number of hydrogen-bond acceptors (Lipinski definition) is 5. The van der Waals surface area contributed by atoms with Crippen LogP contribution in [0.1, 0.15) is 11.4 Å². The van der Waals surface area contributed by atoms with Crippen molar-refractivity contribution in [2.75, 3.05) is 5.73 Å². The molecule has 20 heavy (non-hydrogen) atoms. The highest BCUT2D eigenvalue weighted by atomic mass is 32.2. The summed E-state index contributed by atoms with van der Waals surface area (Å²) >= 11 is 2.99. The molecular formula is C14H13N3OS2. The predicted octanol–water partition coefficient (Wildman–Crippen LogP) is 3.17. The lowest BCUT2D eigenvalue weighted by Gasteiger charge is -2.06. The van der Waals surface area contributed by atoms with Gasteiger partial charge in [-0.3, -0.25) is 4.79 Å². The van der Waals surface area contributed by atoms with E-state index in [1.165, 1.54) is 11.3 Å². The van der Waals surface area contributed by atoms with Crippen LogP contribution in [-0.2, 0) is 5.75 Å². The zero-order valence-electron chi connectivity index (χ0n) is 10.8. The van der Waals surface area contributed by atoms with Gasteiger partial charge in [0.25, 0.3) is 5.56 Å². The fourth-order valence-electron chi connectivity index (χ4n) is 1.90. The molecule has 3 aromatic rings. The first-order valence-corrected chi connectivity index (χ1v) is 7.95. The molecule has 2 heterocycles. The number of thiophene rings is 1. The summed E-state index contributed by atoms with van der Waals surface area (Å²) in [4.78, 5) is 20.2. The van der Waals surface area contributed by atoms with Crippen molar-refractivity contribution in [2.24, 2.45) is 0 Å². The van der Waals surface area contributed by atoms with Gasteiger partial charge in [-0.2, -0.15) is 0 Å². The van der Waals surface area contributed by atoms with Crippen molar-refractivity contribution in [1.29, 1.82) is 0 Å². The largest absolute Gasteiger partial charge is 0.398 e. The van der Waals surface area contributed by atoms with Crippen LogP contribution in [0.25, 0.3) is 10.2 Å². The number of hydrogen-bond donors (Lipinski definition) is 2. The normalized spacial score (nSPS) is 11.1. The zero-order chi connectivity index (χ0) is 14.1. The molecule has 0 saturated heterocycles. The second kappa shape index (κ2) is 5.30. The molecule has 0 radical (unpaired) electrons. The molecule has 1 aromatic carbocycles. The van der Waals surface area contributed by atoms with Gasteiger partial charge >= 0.3 is 0 Å². The molecule has 0 aliphatic carbocycles. The van der Waals surface area contributed by atoms with Gasteiger partial charge in [0.05, 0.1) is 11.3 Å². The molecule has 2 aromatic heterocycles. The van der Waals surface area contributed by atoms with Crippen molar-refractivity contribution < 1.29 is 0 Å². The van der Waals surface area contributed by atoms with E-state index in [-0.39, 0.29) is 5.56 Å². The number of aryl methyl sites for hydroxylation is 1. The van der Waals surface area contributed by atoms with Crippen molar-refractivity contribution >= 4 is 39.0 Å². The molecule has 0 fully saturated rings. The summed E-state index contributed by atoms with van der Waals surface area (Å²) in [6.45, 7) is 2.03. The summed E-state index contributed by atoms with van der Waals surface area (Å²) in [6.07, 6.45) is 0. The number of fused-ring (bicyclic) bond motifs is 1. The number of benzene rings is 1. The molecule has 6 heteroatoms. The molecule has 0 atom stereocenters. The molecule has 0 unspecified atom stereocenters. The fraction of sp³-hybridized carbons (Fsp3) is 0.143. The third-order valence-corrected chi connectivity index (χ3v) is 4.88. The van der Waals surface area contributed by atoms with E-state index in [1.807, 2.05) is 36.6 Å². The monoisotopic (exact) mass is 303 g/mol. The van der Waals surface area contributed by atoms with Crippen molar-refractivity contribution in [3.8, 4) is 0 Å². The Kier molecular flexibility index (Phi) is 3.50. The Morgan fingerprint density at radius 3 is 3.10 bits per heavy atom. The molecular weight excluding hydrogens is 290 g/mol. The first-order valence-electron chi connectivity index (χ1n) is 6.09. The minimum absolute atomic E-state index is 0.0715. The minimum atomic E-state index is -0.0715. The molecule has 3 N–H and O–H groups in total. The highest BCUT2D eigenvalue weighted by Crippen LogP contribution is 2.28. The highest BCUT2D eigenvalue weighted by Gasteiger charge is 2.07. The van der Waals surface area contributed by atoms with E-state index < -0.39 is 0 Å². The topological polar surface area (TPSA) is 71.8 Å². The average molecular weight is 303 g/mol. The molecule has 0 bridgehead atoms. The molecule has 0 aliphatic heterocycles. The van der Waals surface area contributed by atoms with Gasteiger partial charge in [0.2, 0.25) is 0 Å². The summed E-state index contributed by atoms with van der Waals surface area (Å²) in [5.41, 5.74) is 8.54. The number of aromatic nitrogens is 2. The maximum atomic E-state index is 11.9. The molecule has 0 amide bonds. The second-order valence-corrected chi connectivity index (χ2v) is 6.41. The third-order valence-electron chi connectivity index (χ3n) is 2.90. The number of nitrogens with zero attached hydrogens (tertiary/aromatic N) is 1. The van der Waals surface area contributed by atoms with Gasteiger partial charge < -0.3 is 10.7 Å². The van der Waals surface area contributed by atoms with Crippen LogP contribution in [0.15, 0.2) is 39.3 Å². The number of nitrogens with one attached hydrogen (secondary N) is 1. The van der Waals surface area contributed by atoms with Crippen LogP contribution in [0.2, 0.25) is 0 Å². The molecule has 0 saturated carbocycles. The maximum Gasteiger partial charge on any atom is 0.268 e. The Morgan fingerprint density at radius 1 is 1.40 bits per heavy atom. The van der Waals surface area contributed by atoms with Crippen molar-refractivity contribution in [1.82, 2.24) is 9.97 Å². The molecule has 4 nitrogen and oxygen atoms in total. The Bertz CT molecular complexity index is 823. The molecule has 3 rings (SSSR count). The Morgan fingerprint density at radius 2 is 2.25 bits per heavy atom. The van der Waals surface area contributed by atoms with E-state index in [9.17, 15) is 4.79 Å². The number of nitrogens with two attached hydrogens (primary N) is 1. The highest BCUT2D eigenvalue weighted by molar-refractivity contribution is 7.98. The van der Waals surface area contributed by atoms with Crippen LogP contribution < -0.4 is 11.3 Å². The van der Waals surface area contributed by atoms with Crippen molar-refractivity contribution in [3.63, 3.8) is 0 Å². The first kappa shape index (κ1) is 13.2. The summed E-state index contributed by atoms with van der Waals surface area (Å²) in [7, 11) is 0. The third kappa shape index (κ3) is 2.57. The average Bonchev–Trinajstić information content (AvgIpc) is 2.89. The standard InChI is InChI=1S/C14H13N3OS2/c1-8-2-3-9(15)11(6-8)20-7-12-16-10-4-5-19-13(10)14(18)17-12/h2-6H,7,15H2,1H3,(H,16,17,18). The lowest BCUT2D eigenvalue weighted by Crippen LogP contribution is -2.09. The Labute approximate surface area is 124 Å². The molecule has 0 spiro atoms. The quantitative estimate of drug-likeness (QED) is 0.576. The van der Waals surface area contributed by atoms with Crippen molar-refractivity contribution in [3.05, 3.63) is 51.4 Å². The van der Waals surface area contributed by atoms with Gasteiger partial charge in [-0.15, -0.1) is 23.1 Å². The van der Waals surface area contributed by atoms with E-state index in [0.717, 1.165) is 21.7 Å². The maximum absolute atomic E-state index is 11.9. The number of nitrogen functional groups attached to an aromatic ring is 1. The summed E-state index contributed by atoms with van der Waals surface area (Å²) in [5, 5.41) is 1.88. The van der Waals surface area contributed by atoms with E-state index in [0.29, 0.717) is 16.3 Å². The summed E-state index contributed by atoms with van der Waals surface area (Å²) < 4.78 is 0.675. The van der Waals surface area contributed by atoms with Gasteiger partial charge in [-0.1, -0.05) is 6.07 Å². The van der Waals surface area contributed by atoms with Crippen LogP contribution in [0.5, 0.6) is 0 Å². The molecule has 0 aliphatic rings. The summed E-state index contributed by atoms with van der Waals surface area (Å²) in [5.74, 6) is 1.26. The van der Waals surface area contributed by atoms with E-state index >= 15 is 0 Å². The van der Waals surface area contributed by atoms with Crippen LogP contribution in [0, 0.1) is 6.92 Å². The van der Waals surface area contributed by atoms with Gasteiger partial charge in [0, 0.05) is 10.6 Å². The number of rotatable bonds is 3. The lowest BCUT2D eigenvalue weighted by molar-refractivity contribution is 1.04. The number of thioether (sulfide) groups is 1. The Hall–Kier alpha value is -1.79. The van der Waals surface area contributed by atoms with Crippen molar-refractivity contribution in [2.45, 2.75) is 17.6 Å². The fourth-order valence-corrected chi connectivity index (χ4v) is 3.56. The van der Waals surface area contributed by atoms with E-state index in [2.05, 4.69) is 9.97 Å². The van der Waals surface area contributed by atoms with Gasteiger partial charge in [-0.05, 0) is 36.1 Å². The van der Waals surface area contributed by atoms with Crippen LogP contribution in [0.4, 0.5) is 5.69 Å². The van der Waals surface area contributed by atoms with Crippen LogP contribution in [-0.4, -0.2) is 9.97 Å². The van der Waals surface area contributed by atoms with Gasteiger partial charge in [0.15, 0.2) is 0 Å². The zero-order valence-corrected chi connectivity index (χ0v) is 12.5. The Balaban J connectivity index is 1.86. The number of H-pyrrole nitrogens is 1. The number of aromatic amines is 1. The van der Waals surface area contributed by atoms with E-state index in [4.69, 9.17) is 5.73 Å². The smallest absolute Gasteiger partial charge is 0.268 e. The minimum Gasteiger partial charge on any atom is -0.398 e. The van der Waals surface area contributed by atoms with Gasteiger partial charge in [-0.25, -0.2) is 4.98 Å². The van der Waals surface area contributed by atoms with Crippen LogP contribution in [0.3, 0.4) is 0 Å².